The fourth-order valence-electron chi connectivity index (χ4n) is 2.54. The van der Waals surface area contributed by atoms with Gasteiger partial charge < -0.3 is 15.0 Å². The van der Waals surface area contributed by atoms with Gasteiger partial charge in [0.25, 0.3) is 5.69 Å². The Morgan fingerprint density at radius 3 is 2.48 bits per heavy atom. The molecule has 2 aromatic rings. The first-order valence-corrected chi connectivity index (χ1v) is 8.29. The van der Waals surface area contributed by atoms with Gasteiger partial charge in [-0.3, -0.25) is 19.7 Å². The van der Waals surface area contributed by atoms with Crippen LogP contribution in [-0.2, 0) is 9.53 Å². The summed E-state index contributed by atoms with van der Waals surface area (Å²) in [5, 5.41) is 14.1. The number of rotatable bonds is 9. The first kappa shape index (κ1) is 20.1. The van der Waals surface area contributed by atoms with Gasteiger partial charge in [-0.15, -0.1) is 0 Å². The summed E-state index contributed by atoms with van der Waals surface area (Å²) in [7, 11) is 3.11. The van der Waals surface area contributed by atoms with E-state index in [1.165, 1.54) is 30.2 Å². The summed E-state index contributed by atoms with van der Waals surface area (Å²) in [5.74, 6) is -0.585. The summed E-state index contributed by atoms with van der Waals surface area (Å²) in [6.07, 6.45) is 0. The van der Waals surface area contributed by atoms with Crippen LogP contribution in [0.3, 0.4) is 0 Å². The second kappa shape index (κ2) is 9.44. The van der Waals surface area contributed by atoms with Gasteiger partial charge in [-0.2, -0.15) is 0 Å². The van der Waals surface area contributed by atoms with Gasteiger partial charge in [0.05, 0.1) is 18.1 Å². The van der Waals surface area contributed by atoms with Crippen LogP contribution < -0.4 is 10.2 Å². The van der Waals surface area contributed by atoms with E-state index in [2.05, 4.69) is 5.32 Å². The number of hydrogen-bond donors (Lipinski definition) is 1. The van der Waals surface area contributed by atoms with Crippen LogP contribution in [0.15, 0.2) is 48.5 Å². The van der Waals surface area contributed by atoms with E-state index >= 15 is 0 Å². The monoisotopic (exact) mass is 371 g/mol. The third-order valence-electron chi connectivity index (χ3n) is 3.89. The average molecular weight is 371 g/mol. The zero-order valence-electron chi connectivity index (χ0n) is 15.2. The number of nitrogens with zero attached hydrogens (tertiary/aromatic N) is 2. The standard InChI is InChI=1S/C19H21N3O5/c1-21(13-18(23)20-10-11-27-2)16-9-8-15(12-17(16)22(25)26)19(24)14-6-4-3-5-7-14/h3-9,12H,10-11,13H2,1-2H3,(H,20,23). The quantitative estimate of drug-likeness (QED) is 0.313. The number of ether oxygens (including phenoxy) is 1. The van der Waals surface area contributed by atoms with Crippen LogP contribution in [0.1, 0.15) is 15.9 Å². The summed E-state index contributed by atoms with van der Waals surface area (Å²) in [6.45, 7) is 0.679. The lowest BCUT2D eigenvalue weighted by Gasteiger charge is -2.19. The molecular formula is C19H21N3O5. The molecule has 1 amide bonds. The van der Waals surface area contributed by atoms with Gasteiger partial charge in [0, 0.05) is 37.9 Å². The minimum absolute atomic E-state index is 0.0590. The van der Waals surface area contributed by atoms with E-state index in [1.807, 2.05) is 0 Å². The summed E-state index contributed by atoms with van der Waals surface area (Å²) >= 11 is 0. The van der Waals surface area contributed by atoms with Crippen molar-refractivity contribution in [3.63, 3.8) is 0 Å². The van der Waals surface area contributed by atoms with Crippen LogP contribution in [-0.4, -0.2) is 50.5 Å². The Labute approximate surface area is 156 Å². The van der Waals surface area contributed by atoms with Crippen LogP contribution in [0.4, 0.5) is 11.4 Å². The van der Waals surface area contributed by atoms with Gasteiger partial charge in [0.2, 0.25) is 5.91 Å². The van der Waals surface area contributed by atoms with Gasteiger partial charge in [0.1, 0.15) is 5.69 Å². The SMILES string of the molecule is COCCNC(=O)CN(C)c1ccc(C(=O)c2ccccc2)cc1[N+](=O)[O-]. The van der Waals surface area contributed by atoms with Crippen molar-refractivity contribution in [1.29, 1.82) is 0 Å². The summed E-state index contributed by atoms with van der Waals surface area (Å²) in [4.78, 5) is 36.8. The third kappa shape index (κ3) is 5.35. The molecule has 8 nitrogen and oxygen atoms in total. The van der Waals surface area contributed by atoms with Crippen LogP contribution in [0, 0.1) is 10.1 Å². The Morgan fingerprint density at radius 2 is 1.85 bits per heavy atom. The van der Waals surface area contributed by atoms with Crippen LogP contribution in [0.25, 0.3) is 0 Å². The van der Waals surface area contributed by atoms with Crippen LogP contribution in [0.2, 0.25) is 0 Å². The van der Waals surface area contributed by atoms with E-state index in [0.717, 1.165) is 0 Å². The van der Waals surface area contributed by atoms with E-state index < -0.39 is 4.92 Å². The minimum Gasteiger partial charge on any atom is -0.383 e. The van der Waals surface area contributed by atoms with E-state index in [4.69, 9.17) is 4.74 Å². The van der Waals surface area contributed by atoms with Crippen molar-refractivity contribution in [2.75, 3.05) is 38.8 Å². The number of nitrogens with one attached hydrogen (secondary N) is 1. The van der Waals surface area contributed by atoms with Gasteiger partial charge in [-0.05, 0) is 12.1 Å². The molecule has 0 spiro atoms. The highest BCUT2D eigenvalue weighted by molar-refractivity contribution is 6.09. The molecule has 0 radical (unpaired) electrons. The summed E-state index contributed by atoms with van der Waals surface area (Å²) in [6, 6.07) is 12.8. The van der Waals surface area contributed by atoms with Crippen molar-refractivity contribution in [2.24, 2.45) is 0 Å². The Kier molecular flexibility index (Phi) is 7.01. The summed E-state index contributed by atoms with van der Waals surface area (Å²) < 4.78 is 4.85. The smallest absolute Gasteiger partial charge is 0.293 e. The molecule has 0 aliphatic heterocycles. The number of nitro benzene ring substituents is 1. The molecule has 0 fully saturated rings. The molecule has 0 saturated heterocycles. The predicted octanol–water partition coefficient (Wildman–Crippen LogP) is 2.02. The van der Waals surface area contributed by atoms with Gasteiger partial charge >= 0.3 is 0 Å². The van der Waals surface area contributed by atoms with E-state index in [9.17, 15) is 19.7 Å². The highest BCUT2D eigenvalue weighted by atomic mass is 16.6. The maximum absolute atomic E-state index is 12.5. The minimum atomic E-state index is -0.559. The lowest BCUT2D eigenvalue weighted by molar-refractivity contribution is -0.384. The Balaban J connectivity index is 2.21. The van der Waals surface area contributed by atoms with E-state index in [1.54, 1.807) is 37.4 Å². The molecule has 2 rings (SSSR count). The fraction of sp³-hybridized carbons (Fsp3) is 0.263. The number of anilines is 1. The van der Waals surface area contributed by atoms with Gasteiger partial charge in [-0.25, -0.2) is 0 Å². The van der Waals surface area contributed by atoms with Crippen molar-refractivity contribution in [3.8, 4) is 0 Å². The second-order valence-electron chi connectivity index (χ2n) is 5.85. The number of amides is 1. The molecule has 1 N–H and O–H groups in total. The molecule has 142 valence electrons. The topological polar surface area (TPSA) is 102 Å². The van der Waals surface area contributed by atoms with E-state index in [-0.39, 0.29) is 35.2 Å². The zero-order valence-corrected chi connectivity index (χ0v) is 15.2. The zero-order chi connectivity index (χ0) is 19.8. The Morgan fingerprint density at radius 1 is 1.15 bits per heavy atom. The van der Waals surface area contributed by atoms with Gasteiger partial charge in [-0.1, -0.05) is 30.3 Å². The number of carbonyl (C=O) groups is 2. The van der Waals surface area contributed by atoms with Crippen LogP contribution in [0.5, 0.6) is 0 Å². The highest BCUT2D eigenvalue weighted by Crippen LogP contribution is 2.29. The van der Waals surface area contributed by atoms with Crippen LogP contribution >= 0.6 is 0 Å². The molecule has 0 saturated carbocycles. The first-order valence-electron chi connectivity index (χ1n) is 8.29. The lowest BCUT2D eigenvalue weighted by atomic mass is 10.0. The number of ketones is 1. The Bertz CT molecular complexity index is 823. The largest absolute Gasteiger partial charge is 0.383 e. The second-order valence-corrected chi connectivity index (χ2v) is 5.85. The molecule has 0 aliphatic rings. The van der Waals surface area contributed by atoms with Crippen molar-refractivity contribution in [2.45, 2.75) is 0 Å². The predicted molar refractivity (Wildman–Crippen MR) is 101 cm³/mol. The van der Waals surface area contributed by atoms with Gasteiger partial charge in [0.15, 0.2) is 5.78 Å². The lowest BCUT2D eigenvalue weighted by Crippen LogP contribution is -2.36. The third-order valence-corrected chi connectivity index (χ3v) is 3.89. The van der Waals surface area contributed by atoms with Crippen molar-refractivity contribution >= 4 is 23.1 Å². The molecule has 8 heteroatoms. The molecule has 0 unspecified atom stereocenters. The molecule has 0 aliphatic carbocycles. The highest BCUT2D eigenvalue weighted by Gasteiger charge is 2.21. The molecule has 27 heavy (non-hydrogen) atoms. The molecule has 0 aromatic heterocycles. The summed E-state index contributed by atoms with van der Waals surface area (Å²) in [5.41, 5.74) is 0.690. The number of benzene rings is 2. The normalized spacial score (nSPS) is 10.3. The number of hydrogen-bond acceptors (Lipinski definition) is 6. The van der Waals surface area contributed by atoms with Crippen molar-refractivity contribution < 1.29 is 19.2 Å². The first-order chi connectivity index (χ1) is 12.9. The number of methoxy groups -OCH3 is 1. The fourth-order valence-corrected chi connectivity index (χ4v) is 2.54. The number of nitro groups is 1. The van der Waals surface area contributed by atoms with Crippen molar-refractivity contribution in [1.82, 2.24) is 5.32 Å². The molecule has 2 aromatic carbocycles. The molecule has 0 bridgehead atoms. The average Bonchev–Trinajstić information content (AvgIpc) is 2.67. The number of carbonyl (C=O) groups excluding carboxylic acids is 2. The molecule has 0 atom stereocenters. The number of likely N-dealkylation sites (N-methyl/N-ethyl adjacent to an activating group) is 1. The Hall–Kier alpha value is -3.26. The molecular weight excluding hydrogens is 350 g/mol. The molecule has 0 heterocycles. The maximum atomic E-state index is 12.5. The van der Waals surface area contributed by atoms with Crippen molar-refractivity contribution in [3.05, 3.63) is 69.8 Å². The maximum Gasteiger partial charge on any atom is 0.293 e. The van der Waals surface area contributed by atoms with E-state index in [0.29, 0.717) is 18.7 Å².